The van der Waals surface area contributed by atoms with Crippen LogP contribution in [0.25, 0.3) is 0 Å². The first-order valence-corrected chi connectivity index (χ1v) is 7.65. The molecule has 0 aromatic heterocycles. The summed E-state index contributed by atoms with van der Waals surface area (Å²) in [6.07, 6.45) is -0.317. The second kappa shape index (κ2) is 9.34. The highest BCUT2D eigenvalue weighted by molar-refractivity contribution is 9.10. The summed E-state index contributed by atoms with van der Waals surface area (Å²) in [4.78, 5) is 0. The van der Waals surface area contributed by atoms with Gasteiger partial charge in [0.1, 0.15) is 0 Å². The van der Waals surface area contributed by atoms with Gasteiger partial charge >= 0.3 is 0 Å². The molecular formula is C15H24BrNO3. The van der Waals surface area contributed by atoms with Gasteiger partial charge in [-0.1, -0.05) is 15.9 Å². The monoisotopic (exact) mass is 345 g/mol. The SMILES string of the molecule is Cc1cc(Br)ccc1NCC(O)COCCOC(C)C. The van der Waals surface area contributed by atoms with Crippen molar-refractivity contribution in [2.75, 3.05) is 31.7 Å². The number of ether oxygens (including phenoxy) is 2. The molecule has 0 amide bonds. The van der Waals surface area contributed by atoms with Crippen molar-refractivity contribution in [3.8, 4) is 0 Å². The Labute approximate surface area is 129 Å². The Balaban J connectivity index is 2.18. The molecule has 0 aliphatic carbocycles. The van der Waals surface area contributed by atoms with E-state index in [9.17, 15) is 5.11 Å². The summed E-state index contributed by atoms with van der Waals surface area (Å²) in [6.45, 7) is 7.84. The first-order valence-electron chi connectivity index (χ1n) is 6.86. The van der Waals surface area contributed by atoms with E-state index in [-0.39, 0.29) is 6.10 Å². The largest absolute Gasteiger partial charge is 0.389 e. The molecule has 20 heavy (non-hydrogen) atoms. The fraction of sp³-hybridized carbons (Fsp3) is 0.600. The minimum absolute atomic E-state index is 0.213. The molecule has 0 spiro atoms. The molecule has 0 radical (unpaired) electrons. The lowest BCUT2D eigenvalue weighted by Crippen LogP contribution is -2.26. The van der Waals surface area contributed by atoms with Crippen LogP contribution in [0.4, 0.5) is 5.69 Å². The summed E-state index contributed by atoms with van der Waals surface area (Å²) in [5.41, 5.74) is 2.16. The zero-order chi connectivity index (χ0) is 15.0. The molecular weight excluding hydrogens is 322 g/mol. The van der Waals surface area contributed by atoms with Crippen LogP contribution in [0.15, 0.2) is 22.7 Å². The molecule has 0 aliphatic rings. The number of hydrogen-bond donors (Lipinski definition) is 2. The van der Waals surface area contributed by atoms with Gasteiger partial charge in [0.25, 0.3) is 0 Å². The number of anilines is 1. The van der Waals surface area contributed by atoms with E-state index in [1.165, 1.54) is 0 Å². The Bertz CT molecular complexity index is 399. The van der Waals surface area contributed by atoms with Crippen LogP contribution in [0.1, 0.15) is 19.4 Å². The zero-order valence-corrected chi connectivity index (χ0v) is 13.9. The highest BCUT2D eigenvalue weighted by atomic mass is 79.9. The van der Waals surface area contributed by atoms with E-state index in [0.29, 0.717) is 26.4 Å². The van der Waals surface area contributed by atoms with Gasteiger partial charge in [-0.3, -0.25) is 0 Å². The van der Waals surface area contributed by atoms with Crippen molar-refractivity contribution < 1.29 is 14.6 Å². The average molecular weight is 346 g/mol. The van der Waals surface area contributed by atoms with Crippen molar-refractivity contribution in [1.82, 2.24) is 0 Å². The highest BCUT2D eigenvalue weighted by Gasteiger charge is 2.06. The van der Waals surface area contributed by atoms with E-state index in [0.717, 1.165) is 15.7 Å². The first-order chi connectivity index (χ1) is 9.49. The van der Waals surface area contributed by atoms with Crippen molar-refractivity contribution in [2.24, 2.45) is 0 Å². The van der Waals surface area contributed by atoms with Gasteiger partial charge in [-0.15, -0.1) is 0 Å². The summed E-state index contributed by atoms with van der Waals surface area (Å²) < 4.78 is 11.8. The number of aryl methyl sites for hydroxylation is 1. The van der Waals surface area contributed by atoms with Gasteiger partial charge in [-0.05, 0) is 44.5 Å². The van der Waals surface area contributed by atoms with E-state index in [2.05, 4.69) is 21.2 Å². The molecule has 1 unspecified atom stereocenters. The maximum atomic E-state index is 9.83. The summed E-state index contributed by atoms with van der Waals surface area (Å²) >= 11 is 3.43. The van der Waals surface area contributed by atoms with E-state index in [1.54, 1.807) is 0 Å². The lowest BCUT2D eigenvalue weighted by atomic mass is 10.2. The summed E-state index contributed by atoms with van der Waals surface area (Å²) in [5.74, 6) is 0. The van der Waals surface area contributed by atoms with E-state index >= 15 is 0 Å². The molecule has 1 rings (SSSR count). The number of rotatable bonds is 9. The van der Waals surface area contributed by atoms with Gasteiger partial charge in [0, 0.05) is 16.7 Å². The number of aliphatic hydroxyl groups excluding tert-OH is 1. The maximum Gasteiger partial charge on any atom is 0.0945 e. The summed E-state index contributed by atoms with van der Waals surface area (Å²) in [7, 11) is 0. The molecule has 0 bridgehead atoms. The number of aliphatic hydroxyl groups is 1. The molecule has 114 valence electrons. The molecule has 0 heterocycles. The predicted molar refractivity (Wildman–Crippen MR) is 85.3 cm³/mol. The Morgan fingerprint density at radius 3 is 2.70 bits per heavy atom. The average Bonchev–Trinajstić information content (AvgIpc) is 2.37. The molecule has 5 heteroatoms. The van der Waals surface area contributed by atoms with Crippen molar-refractivity contribution in [2.45, 2.75) is 33.0 Å². The second-order valence-electron chi connectivity index (χ2n) is 4.99. The topological polar surface area (TPSA) is 50.7 Å². The molecule has 1 aromatic rings. The Kier molecular flexibility index (Phi) is 8.14. The minimum atomic E-state index is -0.530. The normalized spacial score (nSPS) is 12.7. The first kappa shape index (κ1) is 17.4. The third-order valence-corrected chi connectivity index (χ3v) is 3.20. The number of hydrogen-bond acceptors (Lipinski definition) is 4. The molecule has 2 N–H and O–H groups in total. The molecule has 1 aromatic carbocycles. The fourth-order valence-electron chi connectivity index (χ4n) is 1.67. The number of benzene rings is 1. The Morgan fingerprint density at radius 2 is 2.05 bits per heavy atom. The van der Waals surface area contributed by atoms with Gasteiger partial charge in [0.2, 0.25) is 0 Å². The highest BCUT2D eigenvalue weighted by Crippen LogP contribution is 2.19. The molecule has 4 nitrogen and oxygen atoms in total. The lowest BCUT2D eigenvalue weighted by Gasteiger charge is -2.15. The molecule has 0 saturated heterocycles. The fourth-order valence-corrected chi connectivity index (χ4v) is 2.15. The molecule has 0 aliphatic heterocycles. The van der Waals surface area contributed by atoms with Gasteiger partial charge in [-0.25, -0.2) is 0 Å². The van der Waals surface area contributed by atoms with Gasteiger partial charge < -0.3 is 19.9 Å². The molecule has 1 atom stereocenters. The third kappa shape index (κ3) is 7.24. The quantitative estimate of drug-likeness (QED) is 0.675. The van der Waals surface area contributed by atoms with Gasteiger partial charge in [0.05, 0.1) is 32.0 Å². The molecule has 0 fully saturated rings. The van der Waals surface area contributed by atoms with Gasteiger partial charge in [-0.2, -0.15) is 0 Å². The van der Waals surface area contributed by atoms with Crippen LogP contribution in [-0.2, 0) is 9.47 Å². The number of halogens is 1. The molecule has 0 saturated carbocycles. The smallest absolute Gasteiger partial charge is 0.0945 e. The maximum absolute atomic E-state index is 9.83. The Morgan fingerprint density at radius 1 is 1.30 bits per heavy atom. The van der Waals surface area contributed by atoms with Crippen molar-refractivity contribution in [1.29, 1.82) is 0 Å². The van der Waals surface area contributed by atoms with Crippen LogP contribution in [0.5, 0.6) is 0 Å². The van der Waals surface area contributed by atoms with E-state index < -0.39 is 6.10 Å². The van der Waals surface area contributed by atoms with E-state index in [4.69, 9.17) is 9.47 Å². The van der Waals surface area contributed by atoms with Crippen LogP contribution >= 0.6 is 15.9 Å². The summed E-state index contributed by atoms with van der Waals surface area (Å²) in [5, 5.41) is 13.0. The lowest BCUT2D eigenvalue weighted by molar-refractivity contribution is -0.00734. The Hall–Kier alpha value is -0.620. The van der Waals surface area contributed by atoms with Crippen LogP contribution in [0, 0.1) is 6.92 Å². The van der Waals surface area contributed by atoms with Crippen molar-refractivity contribution in [3.05, 3.63) is 28.2 Å². The van der Waals surface area contributed by atoms with Crippen LogP contribution in [0.2, 0.25) is 0 Å². The van der Waals surface area contributed by atoms with Gasteiger partial charge in [0.15, 0.2) is 0 Å². The summed E-state index contributed by atoms with van der Waals surface area (Å²) in [6, 6.07) is 6.00. The van der Waals surface area contributed by atoms with Crippen LogP contribution in [0.3, 0.4) is 0 Å². The van der Waals surface area contributed by atoms with Crippen molar-refractivity contribution >= 4 is 21.6 Å². The standard InChI is InChI=1S/C15H24BrNO3/c1-11(2)20-7-6-19-10-14(18)9-17-15-5-4-13(16)8-12(15)3/h4-5,8,11,14,17-18H,6-7,9-10H2,1-3H3. The van der Waals surface area contributed by atoms with Crippen LogP contribution in [-0.4, -0.2) is 43.7 Å². The zero-order valence-electron chi connectivity index (χ0n) is 12.4. The second-order valence-corrected chi connectivity index (χ2v) is 5.90. The minimum Gasteiger partial charge on any atom is -0.389 e. The number of nitrogens with one attached hydrogen (secondary N) is 1. The third-order valence-electron chi connectivity index (χ3n) is 2.71. The predicted octanol–water partition coefficient (Wildman–Crippen LogP) is 2.97. The van der Waals surface area contributed by atoms with Crippen molar-refractivity contribution in [3.63, 3.8) is 0 Å². The van der Waals surface area contributed by atoms with E-state index in [1.807, 2.05) is 39.0 Å². The van der Waals surface area contributed by atoms with Crippen LogP contribution < -0.4 is 5.32 Å².